The van der Waals surface area contributed by atoms with E-state index in [1.54, 1.807) is 23.7 Å². The summed E-state index contributed by atoms with van der Waals surface area (Å²) in [5.74, 6) is 1.40. The highest BCUT2D eigenvalue weighted by Crippen LogP contribution is 2.22. The minimum Gasteiger partial charge on any atom is -0.360 e. The molecule has 134 valence electrons. The first-order chi connectivity index (χ1) is 12.9. The molecule has 1 aromatic carbocycles. The smallest absolute Gasteiger partial charge is 0.225 e. The van der Waals surface area contributed by atoms with Crippen LogP contribution in [0.2, 0.25) is 0 Å². The number of rotatable bonds is 6. The molecule has 3 aromatic rings. The van der Waals surface area contributed by atoms with E-state index in [1.165, 1.54) is 18.4 Å². The van der Waals surface area contributed by atoms with Gasteiger partial charge in [0.1, 0.15) is 5.01 Å². The lowest BCUT2D eigenvalue weighted by Crippen LogP contribution is -2.39. The quantitative estimate of drug-likeness (QED) is 0.722. The maximum atomic E-state index is 4.37. The molecule has 1 aliphatic rings. The van der Waals surface area contributed by atoms with Crippen molar-refractivity contribution in [3.63, 3.8) is 0 Å². The van der Waals surface area contributed by atoms with Gasteiger partial charge in [0.05, 0.1) is 0 Å². The molecule has 1 aliphatic heterocycles. The van der Waals surface area contributed by atoms with E-state index >= 15 is 0 Å². The van der Waals surface area contributed by atoms with Gasteiger partial charge in [-0.3, -0.25) is 0 Å². The fourth-order valence-electron chi connectivity index (χ4n) is 3.27. The highest BCUT2D eigenvalue weighted by atomic mass is 32.1. The van der Waals surface area contributed by atoms with Crippen LogP contribution in [-0.4, -0.2) is 39.8 Å². The molecule has 4 rings (SSSR count). The van der Waals surface area contributed by atoms with Crippen LogP contribution in [0.25, 0.3) is 0 Å². The molecule has 1 saturated heterocycles. The fourth-order valence-corrected chi connectivity index (χ4v) is 4.05. The molecule has 3 heterocycles. The van der Waals surface area contributed by atoms with Crippen molar-refractivity contribution < 1.29 is 0 Å². The summed E-state index contributed by atoms with van der Waals surface area (Å²) in [5, 5.41) is 14.0. The Labute approximate surface area is 157 Å². The average molecular weight is 366 g/mol. The molecule has 0 aliphatic carbocycles. The van der Waals surface area contributed by atoms with E-state index in [0.29, 0.717) is 5.92 Å². The summed E-state index contributed by atoms with van der Waals surface area (Å²) in [7, 11) is 0. The molecule has 6 nitrogen and oxygen atoms in total. The molecule has 0 saturated carbocycles. The molecule has 0 radical (unpaired) electrons. The van der Waals surface area contributed by atoms with Crippen LogP contribution >= 0.6 is 11.3 Å². The summed E-state index contributed by atoms with van der Waals surface area (Å²) in [6, 6.07) is 12.2. The Kier molecular flexibility index (Phi) is 5.35. The molecular formula is C19H22N6S. The van der Waals surface area contributed by atoms with Gasteiger partial charge in [-0.05, 0) is 30.4 Å². The summed E-state index contributed by atoms with van der Waals surface area (Å²) in [6.07, 6.45) is 6.83. The Morgan fingerprint density at radius 3 is 2.77 bits per heavy atom. The lowest BCUT2D eigenvalue weighted by molar-refractivity contribution is 0.428. The number of anilines is 2. The van der Waals surface area contributed by atoms with Crippen LogP contribution in [0.3, 0.4) is 0 Å². The Bertz CT molecular complexity index is 807. The topological polar surface area (TPSA) is 66.8 Å². The van der Waals surface area contributed by atoms with Gasteiger partial charge in [-0.2, -0.15) is 0 Å². The van der Waals surface area contributed by atoms with Crippen LogP contribution in [-0.2, 0) is 6.42 Å². The number of nitrogens with one attached hydrogen (secondary N) is 1. The van der Waals surface area contributed by atoms with Crippen LogP contribution in [0.1, 0.15) is 23.4 Å². The minimum atomic E-state index is 0.564. The van der Waals surface area contributed by atoms with Crippen LogP contribution in [0.15, 0.2) is 48.8 Å². The minimum absolute atomic E-state index is 0.564. The number of nitrogens with zero attached hydrogens (tertiary/aromatic N) is 5. The third-order valence-corrected chi connectivity index (χ3v) is 5.44. The van der Waals surface area contributed by atoms with Crippen LogP contribution in [0.4, 0.5) is 11.1 Å². The first kappa shape index (κ1) is 16.9. The SMILES string of the molecule is c1ccc(Cc2nnc(NCC3CCCN(c4ncccn4)C3)s2)cc1. The van der Waals surface area contributed by atoms with E-state index < -0.39 is 0 Å². The first-order valence-corrected chi connectivity index (χ1v) is 9.80. The van der Waals surface area contributed by atoms with Gasteiger partial charge in [0.25, 0.3) is 0 Å². The second-order valence-electron chi connectivity index (χ2n) is 6.55. The third-order valence-electron chi connectivity index (χ3n) is 4.56. The molecule has 1 N–H and O–H groups in total. The van der Waals surface area contributed by atoms with Gasteiger partial charge in [-0.25, -0.2) is 9.97 Å². The van der Waals surface area contributed by atoms with Gasteiger partial charge in [-0.15, -0.1) is 10.2 Å². The molecule has 1 fully saturated rings. The summed E-state index contributed by atoms with van der Waals surface area (Å²) in [4.78, 5) is 11.0. The Balaban J connectivity index is 1.30. The molecule has 0 bridgehead atoms. The van der Waals surface area contributed by atoms with Crippen LogP contribution in [0.5, 0.6) is 0 Å². The zero-order valence-electron chi connectivity index (χ0n) is 14.6. The fraction of sp³-hybridized carbons (Fsp3) is 0.368. The van der Waals surface area contributed by atoms with Crippen molar-refractivity contribution in [3.8, 4) is 0 Å². The van der Waals surface area contributed by atoms with E-state index in [1.807, 2.05) is 12.1 Å². The number of aromatic nitrogens is 4. The average Bonchev–Trinajstić information content (AvgIpc) is 3.15. The van der Waals surface area contributed by atoms with E-state index in [9.17, 15) is 0 Å². The van der Waals surface area contributed by atoms with Crippen molar-refractivity contribution in [3.05, 3.63) is 59.4 Å². The monoisotopic (exact) mass is 366 g/mol. The summed E-state index contributed by atoms with van der Waals surface area (Å²) < 4.78 is 0. The summed E-state index contributed by atoms with van der Waals surface area (Å²) >= 11 is 1.64. The van der Waals surface area contributed by atoms with Gasteiger partial charge < -0.3 is 10.2 Å². The lowest BCUT2D eigenvalue weighted by Gasteiger charge is -2.32. The third kappa shape index (κ3) is 4.35. The Hall–Kier alpha value is -2.54. The maximum absolute atomic E-state index is 4.37. The molecule has 7 heteroatoms. The summed E-state index contributed by atoms with van der Waals surface area (Å²) in [5.41, 5.74) is 1.26. The number of piperidine rings is 1. The Morgan fingerprint density at radius 2 is 1.92 bits per heavy atom. The molecule has 0 spiro atoms. The number of hydrogen-bond acceptors (Lipinski definition) is 7. The predicted octanol–water partition coefficient (Wildman–Crippen LogP) is 3.25. The van der Waals surface area contributed by atoms with Crippen molar-refractivity contribution in [1.29, 1.82) is 0 Å². The van der Waals surface area contributed by atoms with Crippen LogP contribution in [0, 0.1) is 5.92 Å². The predicted molar refractivity (Wildman–Crippen MR) is 105 cm³/mol. The van der Waals surface area contributed by atoms with Gasteiger partial charge in [0.15, 0.2) is 0 Å². The normalized spacial score (nSPS) is 17.2. The second-order valence-corrected chi connectivity index (χ2v) is 7.61. The molecule has 2 aromatic heterocycles. The van der Waals surface area contributed by atoms with Crippen molar-refractivity contribution in [2.24, 2.45) is 5.92 Å². The van der Waals surface area contributed by atoms with Gasteiger partial charge >= 0.3 is 0 Å². The molecule has 26 heavy (non-hydrogen) atoms. The zero-order valence-corrected chi connectivity index (χ0v) is 15.4. The molecule has 1 atom stereocenters. The van der Waals surface area contributed by atoms with E-state index in [0.717, 1.165) is 42.1 Å². The zero-order chi connectivity index (χ0) is 17.6. The van der Waals surface area contributed by atoms with Crippen molar-refractivity contribution in [1.82, 2.24) is 20.2 Å². The standard InChI is InChI=1S/C19H22N6S/c1-2-6-15(7-3-1)12-17-23-24-19(26-17)22-13-16-8-4-11-25(14-16)18-20-9-5-10-21-18/h1-3,5-7,9-10,16H,4,8,11-14H2,(H,22,24). The molecular weight excluding hydrogens is 344 g/mol. The Morgan fingerprint density at radius 1 is 1.08 bits per heavy atom. The van der Waals surface area contributed by atoms with Gasteiger partial charge in [0, 0.05) is 38.4 Å². The van der Waals surface area contributed by atoms with Gasteiger partial charge in [-0.1, -0.05) is 41.7 Å². The highest BCUT2D eigenvalue weighted by molar-refractivity contribution is 7.15. The van der Waals surface area contributed by atoms with Crippen molar-refractivity contribution in [2.75, 3.05) is 29.9 Å². The highest BCUT2D eigenvalue weighted by Gasteiger charge is 2.21. The number of hydrogen-bond donors (Lipinski definition) is 1. The maximum Gasteiger partial charge on any atom is 0.225 e. The van der Waals surface area contributed by atoms with Crippen molar-refractivity contribution in [2.45, 2.75) is 19.3 Å². The number of benzene rings is 1. The van der Waals surface area contributed by atoms with Gasteiger partial charge in [0.2, 0.25) is 11.1 Å². The van der Waals surface area contributed by atoms with E-state index in [4.69, 9.17) is 0 Å². The molecule has 1 unspecified atom stereocenters. The van der Waals surface area contributed by atoms with E-state index in [-0.39, 0.29) is 0 Å². The van der Waals surface area contributed by atoms with Crippen LogP contribution < -0.4 is 10.2 Å². The van der Waals surface area contributed by atoms with Crippen molar-refractivity contribution >= 4 is 22.4 Å². The summed E-state index contributed by atoms with van der Waals surface area (Å²) in [6.45, 7) is 2.91. The van der Waals surface area contributed by atoms with E-state index in [2.05, 4.69) is 54.6 Å². The lowest BCUT2D eigenvalue weighted by atomic mass is 9.98. The second kappa shape index (κ2) is 8.23. The molecule has 0 amide bonds. The first-order valence-electron chi connectivity index (χ1n) is 8.99. The largest absolute Gasteiger partial charge is 0.360 e.